The van der Waals surface area contributed by atoms with Gasteiger partial charge in [0.1, 0.15) is 0 Å². The van der Waals surface area contributed by atoms with E-state index in [4.69, 9.17) is 0 Å². The van der Waals surface area contributed by atoms with Gasteiger partial charge in [-0.05, 0) is 0 Å². The van der Waals surface area contributed by atoms with E-state index in [1.165, 1.54) is 32.5 Å². The normalized spacial score (nSPS) is 12.4. The average Bonchev–Trinajstić information content (AvgIpc) is 2.38. The molecule has 0 amide bonds. The topological polar surface area (TPSA) is 6.48 Å². The third kappa shape index (κ3) is 10.2. The molecule has 0 aliphatic rings. The van der Waals surface area contributed by atoms with E-state index in [2.05, 4.69) is 62.9 Å². The van der Waals surface area contributed by atoms with Crippen LogP contribution in [0, 0.1) is 0 Å². The molecule has 0 saturated carbocycles. The second-order valence-corrected chi connectivity index (χ2v) is 17.1. The molecular formula is C18H41InN2. The third-order valence-electron chi connectivity index (χ3n) is 4.72. The van der Waals surface area contributed by atoms with E-state index in [0.717, 1.165) is 0 Å². The van der Waals surface area contributed by atoms with Crippen LogP contribution in [0.1, 0.15) is 61.3 Å². The van der Waals surface area contributed by atoms with Crippen molar-refractivity contribution in [1.82, 2.24) is 9.80 Å². The van der Waals surface area contributed by atoms with Crippen LogP contribution in [-0.4, -0.2) is 69.0 Å². The van der Waals surface area contributed by atoms with Gasteiger partial charge in [-0.25, -0.2) is 0 Å². The molecule has 0 radical (unpaired) electrons. The fourth-order valence-electron chi connectivity index (χ4n) is 3.30. The molecule has 126 valence electrons. The van der Waals surface area contributed by atoms with E-state index in [-0.39, 0.29) is 0 Å². The molecule has 0 aromatic rings. The fraction of sp³-hybridized carbons (Fsp3) is 1.00. The Hall–Kier alpha value is 0.790. The van der Waals surface area contributed by atoms with Gasteiger partial charge in [0, 0.05) is 0 Å². The zero-order valence-electron chi connectivity index (χ0n) is 16.2. The van der Waals surface area contributed by atoms with Crippen molar-refractivity contribution in [3.63, 3.8) is 0 Å². The molecular weight excluding hydrogens is 359 g/mol. The van der Waals surface area contributed by atoms with E-state index in [9.17, 15) is 0 Å². The van der Waals surface area contributed by atoms with E-state index < -0.39 is 21.4 Å². The molecule has 0 aliphatic carbocycles. The molecule has 0 aromatic heterocycles. The Morgan fingerprint density at radius 3 is 1.62 bits per heavy atom. The summed E-state index contributed by atoms with van der Waals surface area (Å²) in [6, 6.07) is 2.10. The summed E-state index contributed by atoms with van der Waals surface area (Å²) in [7, 11) is 0. The summed E-state index contributed by atoms with van der Waals surface area (Å²) >= 11 is -1.17. The second kappa shape index (κ2) is 12.2. The Morgan fingerprint density at radius 1 is 0.762 bits per heavy atom. The first-order chi connectivity index (χ1) is 9.79. The van der Waals surface area contributed by atoms with Crippen LogP contribution in [0.2, 0.25) is 13.0 Å². The van der Waals surface area contributed by atoms with Crippen molar-refractivity contribution in [3.8, 4) is 0 Å². The van der Waals surface area contributed by atoms with Crippen molar-refractivity contribution in [2.45, 2.75) is 92.5 Å². The van der Waals surface area contributed by atoms with E-state index in [0.29, 0.717) is 18.1 Å². The SMILES string of the molecule is CCN(CC[CH2][In]([CH3])[CH2]CCN(C(C)C)C(C)C)C(C)C. The fourth-order valence-corrected chi connectivity index (χ4v) is 9.15. The number of hydrogen-bond donors (Lipinski definition) is 0. The van der Waals surface area contributed by atoms with Crippen molar-refractivity contribution in [2.24, 2.45) is 0 Å². The number of nitrogens with zero attached hydrogens (tertiary/aromatic N) is 2. The van der Waals surface area contributed by atoms with E-state index >= 15 is 0 Å². The maximum absolute atomic E-state index is 2.65. The Bertz CT molecular complexity index is 233. The summed E-state index contributed by atoms with van der Waals surface area (Å²) in [4.78, 5) is 5.26. The van der Waals surface area contributed by atoms with Gasteiger partial charge in [-0.3, -0.25) is 0 Å². The van der Waals surface area contributed by atoms with Crippen LogP contribution in [0.25, 0.3) is 0 Å². The summed E-state index contributed by atoms with van der Waals surface area (Å²) in [5.74, 6) is 0. The van der Waals surface area contributed by atoms with Crippen molar-refractivity contribution in [3.05, 3.63) is 0 Å². The van der Waals surface area contributed by atoms with Crippen molar-refractivity contribution >= 4 is 21.4 Å². The van der Waals surface area contributed by atoms with Gasteiger partial charge in [-0.2, -0.15) is 0 Å². The van der Waals surface area contributed by atoms with Gasteiger partial charge in [-0.1, -0.05) is 0 Å². The molecule has 0 rings (SSSR count). The number of rotatable bonds is 12. The average molecular weight is 400 g/mol. The second-order valence-electron chi connectivity index (χ2n) is 7.54. The standard InChI is InChI=1S/C9H20N.C8H18N.CH3.In/c1-6-7-10(8(2)3)9(4)5;1-5-7-9(6-2)8(3)4;;/h8-9H,1,6-7H2,2-5H3;8H,1,5-7H2,2-4H3;1H3;. The summed E-state index contributed by atoms with van der Waals surface area (Å²) in [5, 5.41) is 0. The van der Waals surface area contributed by atoms with Gasteiger partial charge < -0.3 is 0 Å². The summed E-state index contributed by atoms with van der Waals surface area (Å²) in [5.41, 5.74) is 0. The molecule has 0 bridgehead atoms. The van der Waals surface area contributed by atoms with Crippen LogP contribution in [0.4, 0.5) is 0 Å². The predicted octanol–water partition coefficient (Wildman–Crippen LogP) is 4.74. The van der Waals surface area contributed by atoms with E-state index in [1.807, 2.05) is 0 Å². The van der Waals surface area contributed by atoms with Crippen LogP contribution in [0.15, 0.2) is 0 Å². The van der Waals surface area contributed by atoms with Gasteiger partial charge >= 0.3 is 143 Å². The van der Waals surface area contributed by atoms with Gasteiger partial charge in [-0.15, -0.1) is 0 Å². The minimum atomic E-state index is -1.17. The molecule has 0 spiro atoms. The molecule has 0 fully saturated rings. The van der Waals surface area contributed by atoms with Crippen molar-refractivity contribution in [1.29, 1.82) is 0 Å². The molecule has 0 saturated heterocycles. The Kier molecular flexibility index (Phi) is 12.7. The monoisotopic (exact) mass is 400 g/mol. The molecule has 21 heavy (non-hydrogen) atoms. The predicted molar refractivity (Wildman–Crippen MR) is 99.8 cm³/mol. The van der Waals surface area contributed by atoms with Crippen LogP contribution in [0.3, 0.4) is 0 Å². The zero-order chi connectivity index (χ0) is 16.4. The summed E-state index contributed by atoms with van der Waals surface area (Å²) in [6.07, 6.45) is 2.89. The van der Waals surface area contributed by atoms with Gasteiger partial charge in [0.2, 0.25) is 0 Å². The molecule has 0 unspecified atom stereocenters. The van der Waals surface area contributed by atoms with Gasteiger partial charge in [0.15, 0.2) is 0 Å². The minimum absolute atomic E-state index is 0.694. The number of hydrogen-bond acceptors (Lipinski definition) is 2. The van der Waals surface area contributed by atoms with Crippen LogP contribution >= 0.6 is 0 Å². The molecule has 0 aliphatic heterocycles. The molecule has 0 N–H and O–H groups in total. The van der Waals surface area contributed by atoms with Crippen LogP contribution in [-0.2, 0) is 0 Å². The van der Waals surface area contributed by atoms with Gasteiger partial charge in [0.05, 0.1) is 0 Å². The maximum atomic E-state index is 2.65. The summed E-state index contributed by atoms with van der Waals surface area (Å²) in [6.45, 7) is 20.1. The molecule has 0 aromatic carbocycles. The Morgan fingerprint density at radius 2 is 1.24 bits per heavy atom. The molecule has 2 nitrogen and oxygen atoms in total. The van der Waals surface area contributed by atoms with Crippen molar-refractivity contribution in [2.75, 3.05) is 19.6 Å². The Balaban J connectivity index is 3.82. The first kappa shape index (κ1) is 21.8. The Labute approximate surface area is 143 Å². The summed E-state index contributed by atoms with van der Waals surface area (Å²) < 4.78 is 5.82. The van der Waals surface area contributed by atoms with Crippen LogP contribution < -0.4 is 0 Å². The zero-order valence-corrected chi connectivity index (χ0v) is 19.4. The van der Waals surface area contributed by atoms with Crippen LogP contribution in [0.5, 0.6) is 0 Å². The first-order valence-corrected chi connectivity index (χ1v) is 17.2. The third-order valence-corrected chi connectivity index (χ3v) is 12.7. The first-order valence-electron chi connectivity index (χ1n) is 9.29. The molecule has 0 heterocycles. The molecule has 0 atom stereocenters. The quantitative estimate of drug-likeness (QED) is 0.467. The van der Waals surface area contributed by atoms with E-state index in [1.54, 1.807) is 8.35 Å². The van der Waals surface area contributed by atoms with Crippen molar-refractivity contribution < 1.29 is 0 Å². The molecule has 3 heteroatoms. The van der Waals surface area contributed by atoms with Gasteiger partial charge in [0.25, 0.3) is 0 Å².